The van der Waals surface area contributed by atoms with Gasteiger partial charge in [0.25, 0.3) is 0 Å². The SMILES string of the molecule is Cc1ccc(N2CC(N)(C3CC3)C2)nc1. The smallest absolute Gasteiger partial charge is 0.128 e. The van der Waals surface area contributed by atoms with Gasteiger partial charge in [-0.1, -0.05) is 6.07 Å². The molecular formula is C12H17N3. The Kier molecular flexibility index (Phi) is 1.80. The predicted octanol–water partition coefficient (Wildman–Crippen LogP) is 1.32. The van der Waals surface area contributed by atoms with Crippen LogP contribution in [0.4, 0.5) is 5.82 Å². The second kappa shape index (κ2) is 2.95. The molecule has 1 saturated carbocycles. The highest BCUT2D eigenvalue weighted by atomic mass is 15.3. The quantitative estimate of drug-likeness (QED) is 0.788. The van der Waals surface area contributed by atoms with Crippen molar-refractivity contribution in [3.63, 3.8) is 0 Å². The first-order chi connectivity index (χ1) is 7.17. The van der Waals surface area contributed by atoms with Gasteiger partial charge in [-0.3, -0.25) is 0 Å². The molecule has 1 aromatic rings. The monoisotopic (exact) mass is 203 g/mol. The average molecular weight is 203 g/mol. The molecule has 1 aliphatic heterocycles. The van der Waals surface area contributed by atoms with Gasteiger partial charge < -0.3 is 10.6 Å². The van der Waals surface area contributed by atoms with E-state index in [1.807, 2.05) is 6.20 Å². The first kappa shape index (κ1) is 9.16. The van der Waals surface area contributed by atoms with Gasteiger partial charge in [-0.15, -0.1) is 0 Å². The van der Waals surface area contributed by atoms with Crippen LogP contribution >= 0.6 is 0 Å². The molecule has 80 valence electrons. The number of pyridine rings is 1. The number of nitrogens with zero attached hydrogens (tertiary/aromatic N) is 2. The standard InChI is InChI=1S/C12H17N3/c1-9-2-5-11(14-6-9)15-7-12(13,8-15)10-3-4-10/h2,5-6,10H,3-4,7-8,13H2,1H3. The summed E-state index contributed by atoms with van der Waals surface area (Å²) >= 11 is 0. The second-order valence-electron chi connectivity index (χ2n) is 5.06. The Balaban J connectivity index is 1.69. The summed E-state index contributed by atoms with van der Waals surface area (Å²) in [4.78, 5) is 6.69. The van der Waals surface area contributed by atoms with Crippen LogP contribution in [0.5, 0.6) is 0 Å². The molecule has 1 saturated heterocycles. The summed E-state index contributed by atoms with van der Waals surface area (Å²) in [6.07, 6.45) is 4.57. The number of anilines is 1. The Hall–Kier alpha value is -1.09. The van der Waals surface area contributed by atoms with E-state index in [9.17, 15) is 0 Å². The summed E-state index contributed by atoms with van der Waals surface area (Å²) < 4.78 is 0. The topological polar surface area (TPSA) is 42.1 Å². The van der Waals surface area contributed by atoms with Gasteiger partial charge >= 0.3 is 0 Å². The lowest BCUT2D eigenvalue weighted by molar-refractivity contribution is 0.289. The average Bonchev–Trinajstić information content (AvgIpc) is 2.98. The van der Waals surface area contributed by atoms with Crippen molar-refractivity contribution in [2.24, 2.45) is 11.7 Å². The maximum atomic E-state index is 6.30. The minimum atomic E-state index is 0.0898. The van der Waals surface area contributed by atoms with Gasteiger partial charge in [0.15, 0.2) is 0 Å². The van der Waals surface area contributed by atoms with Crippen LogP contribution in [0.15, 0.2) is 18.3 Å². The molecule has 3 nitrogen and oxygen atoms in total. The van der Waals surface area contributed by atoms with E-state index >= 15 is 0 Å². The molecule has 0 amide bonds. The number of rotatable bonds is 2. The van der Waals surface area contributed by atoms with Gasteiger partial charge in [0.1, 0.15) is 5.82 Å². The zero-order chi connectivity index (χ0) is 10.5. The number of aromatic nitrogens is 1. The van der Waals surface area contributed by atoms with Crippen LogP contribution in [-0.2, 0) is 0 Å². The lowest BCUT2D eigenvalue weighted by Crippen LogP contribution is -2.69. The van der Waals surface area contributed by atoms with Crippen LogP contribution in [0.25, 0.3) is 0 Å². The van der Waals surface area contributed by atoms with E-state index in [4.69, 9.17) is 5.73 Å². The van der Waals surface area contributed by atoms with E-state index < -0.39 is 0 Å². The summed E-state index contributed by atoms with van der Waals surface area (Å²) in [5.41, 5.74) is 7.59. The Morgan fingerprint density at radius 3 is 2.67 bits per heavy atom. The highest BCUT2D eigenvalue weighted by molar-refractivity contribution is 5.45. The first-order valence-corrected chi connectivity index (χ1v) is 5.64. The van der Waals surface area contributed by atoms with Gasteiger partial charge in [-0.05, 0) is 37.3 Å². The number of hydrogen-bond acceptors (Lipinski definition) is 3. The third kappa shape index (κ3) is 1.51. The van der Waals surface area contributed by atoms with Gasteiger partial charge in [-0.25, -0.2) is 4.98 Å². The molecule has 2 heterocycles. The third-order valence-electron chi connectivity index (χ3n) is 3.58. The van der Waals surface area contributed by atoms with Crippen molar-refractivity contribution >= 4 is 5.82 Å². The third-order valence-corrected chi connectivity index (χ3v) is 3.58. The Morgan fingerprint density at radius 2 is 2.13 bits per heavy atom. The maximum absolute atomic E-state index is 6.30. The van der Waals surface area contributed by atoms with Crippen LogP contribution in [-0.4, -0.2) is 23.6 Å². The lowest BCUT2D eigenvalue weighted by Gasteiger charge is -2.49. The van der Waals surface area contributed by atoms with Gasteiger partial charge in [-0.2, -0.15) is 0 Å². The molecule has 0 bridgehead atoms. The summed E-state index contributed by atoms with van der Waals surface area (Å²) in [6.45, 7) is 4.02. The Bertz CT molecular complexity index is 361. The maximum Gasteiger partial charge on any atom is 0.128 e. The summed E-state index contributed by atoms with van der Waals surface area (Å²) in [5, 5.41) is 0. The van der Waals surface area contributed by atoms with Crippen molar-refractivity contribution in [2.45, 2.75) is 25.3 Å². The van der Waals surface area contributed by atoms with Crippen molar-refractivity contribution in [1.82, 2.24) is 4.98 Å². The molecule has 0 atom stereocenters. The minimum Gasteiger partial charge on any atom is -0.353 e. The lowest BCUT2D eigenvalue weighted by atomic mass is 9.86. The Morgan fingerprint density at radius 1 is 1.40 bits per heavy atom. The van der Waals surface area contributed by atoms with E-state index in [0.29, 0.717) is 0 Å². The molecule has 0 unspecified atom stereocenters. The van der Waals surface area contributed by atoms with E-state index in [2.05, 4.69) is 28.9 Å². The molecule has 15 heavy (non-hydrogen) atoms. The molecule has 3 rings (SSSR count). The summed E-state index contributed by atoms with van der Waals surface area (Å²) in [6, 6.07) is 4.19. The normalized spacial score (nSPS) is 23.7. The van der Waals surface area contributed by atoms with Crippen LogP contribution in [0, 0.1) is 12.8 Å². The zero-order valence-corrected chi connectivity index (χ0v) is 9.11. The zero-order valence-electron chi connectivity index (χ0n) is 9.11. The van der Waals surface area contributed by atoms with E-state index in [0.717, 1.165) is 24.8 Å². The fourth-order valence-corrected chi connectivity index (χ4v) is 2.39. The van der Waals surface area contributed by atoms with Crippen LogP contribution in [0.2, 0.25) is 0 Å². The van der Waals surface area contributed by atoms with Crippen molar-refractivity contribution < 1.29 is 0 Å². The largest absolute Gasteiger partial charge is 0.353 e. The highest BCUT2D eigenvalue weighted by Gasteiger charge is 2.50. The molecule has 3 heteroatoms. The molecule has 0 aromatic carbocycles. The van der Waals surface area contributed by atoms with E-state index in [-0.39, 0.29) is 5.54 Å². The number of nitrogens with two attached hydrogens (primary N) is 1. The van der Waals surface area contributed by atoms with Gasteiger partial charge in [0.2, 0.25) is 0 Å². The van der Waals surface area contributed by atoms with Crippen molar-refractivity contribution in [3.05, 3.63) is 23.9 Å². The molecule has 1 aromatic heterocycles. The highest BCUT2D eigenvalue weighted by Crippen LogP contribution is 2.43. The predicted molar refractivity (Wildman–Crippen MR) is 60.8 cm³/mol. The van der Waals surface area contributed by atoms with Crippen molar-refractivity contribution in [1.29, 1.82) is 0 Å². The second-order valence-corrected chi connectivity index (χ2v) is 5.06. The van der Waals surface area contributed by atoms with Crippen molar-refractivity contribution in [3.8, 4) is 0 Å². The number of aryl methyl sites for hydroxylation is 1. The first-order valence-electron chi connectivity index (χ1n) is 5.64. The fraction of sp³-hybridized carbons (Fsp3) is 0.583. The molecule has 0 radical (unpaired) electrons. The van der Waals surface area contributed by atoms with Crippen LogP contribution < -0.4 is 10.6 Å². The molecule has 2 aliphatic rings. The molecule has 0 spiro atoms. The van der Waals surface area contributed by atoms with E-state index in [1.165, 1.54) is 18.4 Å². The van der Waals surface area contributed by atoms with Crippen LogP contribution in [0.1, 0.15) is 18.4 Å². The molecule has 2 fully saturated rings. The summed E-state index contributed by atoms with van der Waals surface area (Å²) in [7, 11) is 0. The molecule has 1 aliphatic carbocycles. The van der Waals surface area contributed by atoms with E-state index in [1.54, 1.807) is 0 Å². The van der Waals surface area contributed by atoms with Crippen molar-refractivity contribution in [2.75, 3.05) is 18.0 Å². The molecular weight excluding hydrogens is 186 g/mol. The Labute approximate surface area is 90.3 Å². The fourth-order valence-electron chi connectivity index (χ4n) is 2.39. The minimum absolute atomic E-state index is 0.0898. The summed E-state index contributed by atoms with van der Waals surface area (Å²) in [5.74, 6) is 1.85. The van der Waals surface area contributed by atoms with Gasteiger partial charge in [0.05, 0.1) is 5.54 Å². The number of hydrogen-bond donors (Lipinski definition) is 1. The van der Waals surface area contributed by atoms with Crippen LogP contribution in [0.3, 0.4) is 0 Å². The molecule has 2 N–H and O–H groups in total. The van der Waals surface area contributed by atoms with Gasteiger partial charge in [0, 0.05) is 19.3 Å².